The van der Waals surface area contributed by atoms with Crippen molar-refractivity contribution in [2.45, 2.75) is 105 Å². The second-order valence-corrected chi connectivity index (χ2v) is 12.5. The summed E-state index contributed by atoms with van der Waals surface area (Å²) in [4.78, 5) is 10.2. The molecule has 5 nitrogen and oxygen atoms in total. The Hall–Kier alpha value is -2.37. The topological polar surface area (TPSA) is 37.8 Å². The average molecular weight is 550 g/mol. The van der Waals surface area contributed by atoms with Gasteiger partial charge in [0.2, 0.25) is 0 Å². The third-order valence-corrected chi connectivity index (χ3v) is 8.21. The van der Waals surface area contributed by atoms with Crippen molar-refractivity contribution in [1.82, 2.24) is 14.8 Å². The van der Waals surface area contributed by atoms with E-state index in [1.54, 1.807) is 0 Å². The highest BCUT2D eigenvalue weighted by molar-refractivity contribution is 5.93. The van der Waals surface area contributed by atoms with Crippen LogP contribution in [0.1, 0.15) is 93.9 Å². The molecule has 1 aromatic heterocycles. The maximum atomic E-state index is 6.24. The van der Waals surface area contributed by atoms with Crippen LogP contribution in [0.3, 0.4) is 0 Å². The van der Waals surface area contributed by atoms with E-state index in [2.05, 4.69) is 108 Å². The Labute approximate surface area is 244 Å². The van der Waals surface area contributed by atoms with Crippen molar-refractivity contribution >= 4 is 21.8 Å². The number of hydrogen-bond donors (Lipinski definition) is 0. The van der Waals surface area contributed by atoms with E-state index in [0.717, 1.165) is 72.3 Å². The molecule has 0 N–H and O–H groups in total. The van der Waals surface area contributed by atoms with Gasteiger partial charge in [-0.3, -0.25) is 9.80 Å². The van der Waals surface area contributed by atoms with Crippen LogP contribution in [0.2, 0.25) is 0 Å². The number of pyridine rings is 1. The van der Waals surface area contributed by atoms with Gasteiger partial charge >= 0.3 is 0 Å². The first-order valence-electron chi connectivity index (χ1n) is 15.7. The molecule has 0 spiro atoms. The summed E-state index contributed by atoms with van der Waals surface area (Å²) in [5, 5.41) is 2.25. The van der Waals surface area contributed by atoms with Gasteiger partial charge in [0, 0.05) is 34.0 Å². The van der Waals surface area contributed by atoms with Gasteiger partial charge in [0.1, 0.15) is 11.5 Å². The first-order valence-corrected chi connectivity index (χ1v) is 15.7. The third-order valence-electron chi connectivity index (χ3n) is 8.21. The van der Waals surface area contributed by atoms with Gasteiger partial charge in [0.15, 0.2) is 0 Å². The lowest BCUT2D eigenvalue weighted by atomic mass is 9.98. The van der Waals surface area contributed by atoms with Crippen LogP contribution in [0.5, 0.6) is 11.5 Å². The molecule has 5 heteroatoms. The van der Waals surface area contributed by atoms with Crippen LogP contribution in [0.15, 0.2) is 42.5 Å². The second kappa shape index (κ2) is 15.0. The highest BCUT2D eigenvalue weighted by Crippen LogP contribution is 2.28. The van der Waals surface area contributed by atoms with Crippen LogP contribution >= 0.6 is 0 Å². The van der Waals surface area contributed by atoms with E-state index in [0.29, 0.717) is 13.2 Å². The molecule has 0 aliphatic heterocycles. The summed E-state index contributed by atoms with van der Waals surface area (Å²) in [5.74, 6) is 1.76. The molecule has 0 atom stereocenters. The standard InChI is InChI=1S/C35H55N3O2/c1-9-19-37(20-10-2)34(5,6)17-23-39-30-15-13-28-25-29-14-16-31(27-33(29)36-32(28)26-30)40-24-18-35(7,8)38(21-11-3)22-12-4/h13-16,25-27H,9-12,17-24H2,1-8H3. The number of aromatic nitrogens is 1. The molecule has 3 aromatic rings. The first kappa shape index (κ1) is 32.1. The van der Waals surface area contributed by atoms with Crippen LogP contribution in [-0.4, -0.2) is 65.3 Å². The number of rotatable bonds is 18. The SMILES string of the molecule is CCCN(CCC)C(C)(C)CCOc1ccc2cc3ccc(OCCC(C)(C)N(CCC)CCC)cc3nc2c1. The van der Waals surface area contributed by atoms with Crippen molar-refractivity contribution < 1.29 is 9.47 Å². The van der Waals surface area contributed by atoms with Crippen LogP contribution in [-0.2, 0) is 0 Å². The lowest BCUT2D eigenvalue weighted by molar-refractivity contribution is 0.0935. The fraction of sp³-hybridized carbons (Fsp3) is 0.629. The molecule has 40 heavy (non-hydrogen) atoms. The average Bonchev–Trinajstić information content (AvgIpc) is 2.91. The zero-order valence-electron chi connectivity index (χ0n) is 26.7. The molecular formula is C35H55N3O2. The lowest BCUT2D eigenvalue weighted by Gasteiger charge is -2.38. The van der Waals surface area contributed by atoms with E-state index in [1.165, 1.54) is 25.7 Å². The molecule has 0 radical (unpaired) electrons. The number of nitrogens with zero attached hydrogens (tertiary/aromatic N) is 3. The summed E-state index contributed by atoms with van der Waals surface area (Å²) in [7, 11) is 0. The zero-order chi connectivity index (χ0) is 29.2. The molecule has 0 amide bonds. The van der Waals surface area contributed by atoms with E-state index in [4.69, 9.17) is 14.5 Å². The predicted molar refractivity (Wildman–Crippen MR) is 172 cm³/mol. The lowest BCUT2D eigenvalue weighted by Crippen LogP contribution is -2.45. The molecule has 0 bridgehead atoms. The Morgan fingerprint density at radius 2 is 0.950 bits per heavy atom. The van der Waals surface area contributed by atoms with Gasteiger partial charge < -0.3 is 9.47 Å². The Bertz CT molecular complexity index is 1090. The summed E-state index contributed by atoms with van der Waals surface area (Å²) in [6.45, 7) is 24.3. The molecule has 1 heterocycles. The summed E-state index contributed by atoms with van der Waals surface area (Å²) >= 11 is 0. The fourth-order valence-electron chi connectivity index (χ4n) is 5.63. The Kier molecular flexibility index (Phi) is 12.1. The van der Waals surface area contributed by atoms with Gasteiger partial charge in [0.05, 0.1) is 24.2 Å². The molecule has 0 saturated heterocycles. The third kappa shape index (κ3) is 8.81. The van der Waals surface area contributed by atoms with Crippen molar-refractivity contribution in [2.75, 3.05) is 39.4 Å². The van der Waals surface area contributed by atoms with Gasteiger partial charge in [-0.1, -0.05) is 27.7 Å². The van der Waals surface area contributed by atoms with Crippen LogP contribution < -0.4 is 9.47 Å². The molecule has 0 fully saturated rings. The van der Waals surface area contributed by atoms with Crippen molar-refractivity contribution in [2.24, 2.45) is 0 Å². The normalized spacial score (nSPS) is 12.7. The number of fused-ring (bicyclic) bond motifs is 2. The van der Waals surface area contributed by atoms with E-state index >= 15 is 0 Å². The van der Waals surface area contributed by atoms with Crippen molar-refractivity contribution in [3.05, 3.63) is 42.5 Å². The van der Waals surface area contributed by atoms with Crippen LogP contribution in [0, 0.1) is 0 Å². The molecule has 3 rings (SSSR count). The summed E-state index contributed by atoms with van der Waals surface area (Å²) in [5.41, 5.74) is 2.15. The van der Waals surface area contributed by atoms with E-state index in [1.807, 2.05) is 0 Å². The maximum Gasteiger partial charge on any atom is 0.121 e. The highest BCUT2D eigenvalue weighted by atomic mass is 16.5. The molecular weight excluding hydrogens is 494 g/mol. The van der Waals surface area contributed by atoms with Crippen molar-refractivity contribution in [3.8, 4) is 11.5 Å². The quantitative estimate of drug-likeness (QED) is 0.148. The Morgan fingerprint density at radius 1 is 0.575 bits per heavy atom. The molecule has 0 saturated carbocycles. The molecule has 222 valence electrons. The van der Waals surface area contributed by atoms with Gasteiger partial charge in [-0.15, -0.1) is 0 Å². The van der Waals surface area contributed by atoms with Crippen LogP contribution in [0.25, 0.3) is 21.8 Å². The Morgan fingerprint density at radius 3 is 1.30 bits per heavy atom. The molecule has 0 aliphatic rings. The van der Waals surface area contributed by atoms with Crippen molar-refractivity contribution in [1.29, 1.82) is 0 Å². The van der Waals surface area contributed by atoms with Crippen LogP contribution in [0.4, 0.5) is 0 Å². The molecule has 0 unspecified atom stereocenters. The van der Waals surface area contributed by atoms with Gasteiger partial charge in [-0.2, -0.15) is 0 Å². The summed E-state index contributed by atoms with van der Waals surface area (Å²) in [6, 6.07) is 14.7. The van der Waals surface area contributed by atoms with E-state index in [-0.39, 0.29) is 11.1 Å². The Balaban J connectivity index is 1.66. The van der Waals surface area contributed by atoms with Gasteiger partial charge in [0.25, 0.3) is 0 Å². The minimum absolute atomic E-state index is 0.118. The highest BCUT2D eigenvalue weighted by Gasteiger charge is 2.26. The minimum Gasteiger partial charge on any atom is -0.493 e. The monoisotopic (exact) mass is 549 g/mol. The second-order valence-electron chi connectivity index (χ2n) is 12.5. The summed E-state index contributed by atoms with van der Waals surface area (Å²) in [6.07, 6.45) is 6.68. The van der Waals surface area contributed by atoms with E-state index < -0.39 is 0 Å². The predicted octanol–water partition coefficient (Wildman–Crippen LogP) is 8.73. The zero-order valence-corrected chi connectivity index (χ0v) is 26.7. The number of hydrogen-bond acceptors (Lipinski definition) is 5. The smallest absolute Gasteiger partial charge is 0.121 e. The first-order chi connectivity index (χ1) is 19.1. The number of benzene rings is 2. The largest absolute Gasteiger partial charge is 0.493 e. The molecule has 0 aliphatic carbocycles. The van der Waals surface area contributed by atoms with Gasteiger partial charge in [-0.25, -0.2) is 4.98 Å². The summed E-state index contributed by atoms with van der Waals surface area (Å²) < 4.78 is 12.5. The van der Waals surface area contributed by atoms with E-state index in [9.17, 15) is 0 Å². The number of ether oxygens (including phenoxy) is 2. The fourth-order valence-corrected chi connectivity index (χ4v) is 5.63. The molecule has 2 aromatic carbocycles. The van der Waals surface area contributed by atoms with Gasteiger partial charge in [-0.05, 0) is 123 Å². The minimum atomic E-state index is 0.118. The maximum absolute atomic E-state index is 6.24. The van der Waals surface area contributed by atoms with Crippen molar-refractivity contribution in [3.63, 3.8) is 0 Å².